The van der Waals surface area contributed by atoms with E-state index in [4.69, 9.17) is 5.73 Å². The van der Waals surface area contributed by atoms with Gasteiger partial charge in [-0.25, -0.2) is 0 Å². The highest BCUT2D eigenvalue weighted by Crippen LogP contribution is 2.21. The van der Waals surface area contributed by atoms with Gasteiger partial charge < -0.3 is 10.6 Å². The molecule has 0 radical (unpaired) electrons. The first-order chi connectivity index (χ1) is 8.72. The van der Waals surface area contributed by atoms with E-state index >= 15 is 0 Å². The van der Waals surface area contributed by atoms with Gasteiger partial charge in [-0.05, 0) is 24.6 Å². The van der Waals surface area contributed by atoms with Crippen LogP contribution in [0.25, 0.3) is 11.3 Å². The van der Waals surface area contributed by atoms with E-state index < -0.39 is 0 Å². The van der Waals surface area contributed by atoms with Crippen molar-refractivity contribution >= 4 is 5.82 Å². The Morgan fingerprint density at radius 3 is 2.50 bits per heavy atom. The van der Waals surface area contributed by atoms with E-state index in [1.165, 1.54) is 5.56 Å². The van der Waals surface area contributed by atoms with Crippen LogP contribution in [-0.2, 0) is 0 Å². The third-order valence-electron chi connectivity index (χ3n) is 2.93. The molecule has 0 aliphatic rings. The van der Waals surface area contributed by atoms with Gasteiger partial charge in [0.1, 0.15) is 0 Å². The van der Waals surface area contributed by atoms with Crippen LogP contribution in [0.4, 0.5) is 5.82 Å². The lowest BCUT2D eigenvalue weighted by molar-refractivity contribution is 0.848. The van der Waals surface area contributed by atoms with Crippen LogP contribution in [0.2, 0.25) is 0 Å². The molecule has 4 nitrogen and oxygen atoms in total. The van der Waals surface area contributed by atoms with Crippen molar-refractivity contribution in [3.63, 3.8) is 0 Å². The molecule has 0 unspecified atom stereocenters. The Balaban J connectivity index is 2.25. The van der Waals surface area contributed by atoms with Gasteiger partial charge in [-0.15, -0.1) is 10.2 Å². The van der Waals surface area contributed by atoms with Crippen LogP contribution >= 0.6 is 0 Å². The zero-order valence-electron chi connectivity index (χ0n) is 10.8. The Bertz CT molecular complexity index is 507. The van der Waals surface area contributed by atoms with Gasteiger partial charge >= 0.3 is 0 Å². The molecular formula is C14H18N4. The summed E-state index contributed by atoms with van der Waals surface area (Å²) < 4.78 is 0. The van der Waals surface area contributed by atoms with E-state index in [9.17, 15) is 0 Å². The van der Waals surface area contributed by atoms with E-state index in [0.717, 1.165) is 23.6 Å². The average molecular weight is 242 g/mol. The zero-order chi connectivity index (χ0) is 13.0. The van der Waals surface area contributed by atoms with Crippen LogP contribution in [0.5, 0.6) is 0 Å². The third kappa shape index (κ3) is 2.65. The molecule has 94 valence electrons. The van der Waals surface area contributed by atoms with E-state index in [1.54, 1.807) is 0 Å². The minimum Gasteiger partial charge on any atom is -0.357 e. The molecule has 0 amide bonds. The van der Waals surface area contributed by atoms with Crippen LogP contribution in [0.3, 0.4) is 0 Å². The van der Waals surface area contributed by atoms with Crippen molar-refractivity contribution in [3.05, 3.63) is 42.0 Å². The lowest BCUT2D eigenvalue weighted by Crippen LogP contribution is -2.25. The number of nitrogens with two attached hydrogens (primary N) is 1. The SMILES string of the molecule is Cc1ccccc1-c1ccc(N(C)CCN)nn1. The van der Waals surface area contributed by atoms with Crippen LogP contribution in [0.15, 0.2) is 36.4 Å². The fourth-order valence-corrected chi connectivity index (χ4v) is 1.84. The second kappa shape index (κ2) is 5.60. The molecule has 1 aromatic heterocycles. The lowest BCUT2D eigenvalue weighted by Gasteiger charge is -2.16. The predicted octanol–water partition coefficient (Wildman–Crippen LogP) is 1.85. The molecule has 0 bridgehead atoms. The van der Waals surface area contributed by atoms with Gasteiger partial charge in [-0.3, -0.25) is 0 Å². The first kappa shape index (κ1) is 12.5. The molecule has 2 rings (SSSR count). The minimum absolute atomic E-state index is 0.609. The van der Waals surface area contributed by atoms with Crippen molar-refractivity contribution in [3.8, 4) is 11.3 Å². The van der Waals surface area contributed by atoms with E-state index in [0.29, 0.717) is 6.54 Å². The zero-order valence-corrected chi connectivity index (χ0v) is 10.8. The van der Waals surface area contributed by atoms with Gasteiger partial charge in [0.25, 0.3) is 0 Å². The quantitative estimate of drug-likeness (QED) is 0.889. The van der Waals surface area contributed by atoms with Crippen LogP contribution in [0.1, 0.15) is 5.56 Å². The summed E-state index contributed by atoms with van der Waals surface area (Å²) in [6, 6.07) is 12.1. The molecule has 0 aliphatic heterocycles. The van der Waals surface area contributed by atoms with Crippen molar-refractivity contribution in [2.24, 2.45) is 5.73 Å². The van der Waals surface area contributed by atoms with Gasteiger partial charge in [0.15, 0.2) is 5.82 Å². The summed E-state index contributed by atoms with van der Waals surface area (Å²) in [5.74, 6) is 0.845. The third-order valence-corrected chi connectivity index (χ3v) is 2.93. The van der Waals surface area contributed by atoms with Gasteiger partial charge in [0, 0.05) is 25.7 Å². The molecule has 2 N–H and O–H groups in total. The molecule has 0 fully saturated rings. The average Bonchev–Trinajstić information content (AvgIpc) is 2.40. The van der Waals surface area contributed by atoms with Crippen LogP contribution < -0.4 is 10.6 Å². The highest BCUT2D eigenvalue weighted by molar-refractivity contribution is 5.63. The molecule has 0 atom stereocenters. The number of anilines is 1. The maximum Gasteiger partial charge on any atom is 0.151 e. The van der Waals surface area contributed by atoms with E-state index in [2.05, 4.69) is 29.3 Å². The number of aromatic nitrogens is 2. The number of rotatable bonds is 4. The molecule has 4 heteroatoms. The largest absolute Gasteiger partial charge is 0.357 e. The minimum atomic E-state index is 0.609. The first-order valence-electron chi connectivity index (χ1n) is 6.03. The first-order valence-corrected chi connectivity index (χ1v) is 6.03. The summed E-state index contributed by atoms with van der Waals surface area (Å²) in [4.78, 5) is 1.99. The number of hydrogen-bond acceptors (Lipinski definition) is 4. The molecular weight excluding hydrogens is 224 g/mol. The standard InChI is InChI=1S/C14H18N4/c1-11-5-3-4-6-12(11)13-7-8-14(17-16-13)18(2)10-9-15/h3-8H,9-10,15H2,1-2H3. The summed E-state index contributed by atoms with van der Waals surface area (Å²) in [5, 5.41) is 8.52. The Morgan fingerprint density at radius 1 is 1.11 bits per heavy atom. The smallest absolute Gasteiger partial charge is 0.151 e. The Labute approximate surface area is 107 Å². The monoisotopic (exact) mass is 242 g/mol. The van der Waals surface area contributed by atoms with Crippen LogP contribution in [0, 0.1) is 6.92 Å². The van der Waals surface area contributed by atoms with Crippen molar-refractivity contribution in [2.45, 2.75) is 6.92 Å². The number of aryl methyl sites for hydroxylation is 1. The summed E-state index contributed by atoms with van der Waals surface area (Å²) in [7, 11) is 1.96. The van der Waals surface area contributed by atoms with Gasteiger partial charge in [-0.1, -0.05) is 24.3 Å². The highest BCUT2D eigenvalue weighted by atomic mass is 15.2. The molecule has 0 saturated carbocycles. The van der Waals surface area contributed by atoms with Crippen molar-refractivity contribution in [1.82, 2.24) is 10.2 Å². The summed E-state index contributed by atoms with van der Waals surface area (Å²) in [6.07, 6.45) is 0. The maximum atomic E-state index is 5.52. The fraction of sp³-hybridized carbons (Fsp3) is 0.286. The number of nitrogens with zero attached hydrogens (tertiary/aromatic N) is 3. The fourth-order valence-electron chi connectivity index (χ4n) is 1.84. The number of hydrogen-bond donors (Lipinski definition) is 1. The molecule has 1 aromatic carbocycles. The molecule has 18 heavy (non-hydrogen) atoms. The summed E-state index contributed by atoms with van der Waals surface area (Å²) in [6.45, 7) is 3.46. The van der Waals surface area contributed by atoms with Gasteiger partial charge in [0.05, 0.1) is 5.69 Å². The summed E-state index contributed by atoms with van der Waals surface area (Å²) in [5.41, 5.74) is 8.75. The van der Waals surface area contributed by atoms with Gasteiger partial charge in [0.2, 0.25) is 0 Å². The molecule has 0 saturated heterocycles. The van der Waals surface area contributed by atoms with Crippen molar-refractivity contribution < 1.29 is 0 Å². The molecule has 0 aliphatic carbocycles. The lowest BCUT2D eigenvalue weighted by atomic mass is 10.1. The van der Waals surface area contributed by atoms with Crippen molar-refractivity contribution in [1.29, 1.82) is 0 Å². The molecule has 2 aromatic rings. The molecule has 0 spiro atoms. The van der Waals surface area contributed by atoms with E-state index in [1.807, 2.05) is 36.2 Å². The topological polar surface area (TPSA) is 55.0 Å². The second-order valence-electron chi connectivity index (χ2n) is 4.30. The van der Waals surface area contributed by atoms with E-state index in [-0.39, 0.29) is 0 Å². The number of likely N-dealkylation sites (N-methyl/N-ethyl adjacent to an activating group) is 1. The molecule has 1 heterocycles. The van der Waals surface area contributed by atoms with Gasteiger partial charge in [-0.2, -0.15) is 0 Å². The highest BCUT2D eigenvalue weighted by Gasteiger charge is 2.05. The Kier molecular flexibility index (Phi) is 3.89. The Hall–Kier alpha value is -1.94. The normalized spacial score (nSPS) is 10.4. The predicted molar refractivity (Wildman–Crippen MR) is 74.5 cm³/mol. The second-order valence-corrected chi connectivity index (χ2v) is 4.30. The number of benzene rings is 1. The van der Waals surface area contributed by atoms with Crippen molar-refractivity contribution in [2.75, 3.05) is 25.0 Å². The summed E-state index contributed by atoms with van der Waals surface area (Å²) >= 11 is 0. The Morgan fingerprint density at radius 2 is 1.89 bits per heavy atom. The van der Waals surface area contributed by atoms with Crippen LogP contribution in [-0.4, -0.2) is 30.3 Å². The maximum absolute atomic E-state index is 5.52.